The Hall–Kier alpha value is -1.98. The Morgan fingerprint density at radius 1 is 0.929 bits per heavy atom. The van der Waals surface area contributed by atoms with E-state index in [1.165, 1.54) is 0 Å². The van der Waals surface area contributed by atoms with Crippen LogP contribution < -0.4 is 4.72 Å². The molecule has 0 saturated carbocycles. The Morgan fingerprint density at radius 2 is 1.46 bits per heavy atom. The summed E-state index contributed by atoms with van der Waals surface area (Å²) in [6.07, 6.45) is 0. The van der Waals surface area contributed by atoms with E-state index in [9.17, 15) is 9.00 Å². The van der Waals surface area contributed by atoms with Gasteiger partial charge in [-0.3, -0.25) is 0 Å². The van der Waals surface area contributed by atoms with Gasteiger partial charge in [0, 0.05) is 6.04 Å². The smallest absolute Gasteiger partial charge is 0.338 e. The van der Waals surface area contributed by atoms with Crippen molar-refractivity contribution in [2.24, 2.45) is 5.41 Å². The highest BCUT2D eigenvalue weighted by Crippen LogP contribution is 2.34. The summed E-state index contributed by atoms with van der Waals surface area (Å²) in [7, 11) is -1.34. The number of esters is 1. The molecule has 2 unspecified atom stereocenters. The van der Waals surface area contributed by atoms with E-state index >= 15 is 0 Å². The van der Waals surface area contributed by atoms with Crippen LogP contribution in [0.15, 0.2) is 53.4 Å². The van der Waals surface area contributed by atoms with Gasteiger partial charge in [-0.1, -0.05) is 50.6 Å². The van der Waals surface area contributed by atoms with E-state index in [-0.39, 0.29) is 17.4 Å². The van der Waals surface area contributed by atoms with Crippen molar-refractivity contribution < 1.29 is 13.7 Å². The zero-order valence-corrected chi connectivity index (χ0v) is 18.6. The molecule has 0 aromatic heterocycles. The maximum absolute atomic E-state index is 12.8. The molecule has 2 aromatic rings. The molecule has 0 aliphatic carbocycles. The van der Waals surface area contributed by atoms with Gasteiger partial charge in [-0.2, -0.15) is 0 Å². The van der Waals surface area contributed by atoms with Gasteiger partial charge >= 0.3 is 5.97 Å². The van der Waals surface area contributed by atoms with Gasteiger partial charge in [0.15, 0.2) is 0 Å². The molecule has 1 N–H and O–H groups in total. The number of carbonyl (C=O) groups excluding carboxylic acids is 1. The SMILES string of the molecule is Cc1ccc(S(=O)NC(c2ccc(C(=O)OC(C)(C)C)cc2)C(C)(C)C)cc1. The molecule has 0 amide bonds. The molecule has 2 rings (SSSR count). The van der Waals surface area contributed by atoms with Crippen LogP contribution in [0.2, 0.25) is 0 Å². The van der Waals surface area contributed by atoms with Crippen LogP contribution in [0.5, 0.6) is 0 Å². The first-order valence-corrected chi connectivity index (χ1v) is 10.6. The normalized spacial score (nSPS) is 14.4. The van der Waals surface area contributed by atoms with Gasteiger partial charge in [0.25, 0.3) is 0 Å². The van der Waals surface area contributed by atoms with Gasteiger partial charge in [0.2, 0.25) is 0 Å². The van der Waals surface area contributed by atoms with E-state index in [0.717, 1.165) is 16.0 Å². The molecule has 0 spiro atoms. The minimum atomic E-state index is -1.34. The van der Waals surface area contributed by atoms with E-state index in [4.69, 9.17) is 4.74 Å². The summed E-state index contributed by atoms with van der Waals surface area (Å²) in [6, 6.07) is 14.8. The summed E-state index contributed by atoms with van der Waals surface area (Å²) in [5.41, 5.74) is 1.90. The van der Waals surface area contributed by atoms with Gasteiger partial charge in [-0.05, 0) is 62.9 Å². The predicted octanol–water partition coefficient (Wildman–Crippen LogP) is 5.35. The summed E-state index contributed by atoms with van der Waals surface area (Å²) >= 11 is 0. The number of hydrogen-bond donors (Lipinski definition) is 1. The molecule has 0 fully saturated rings. The van der Waals surface area contributed by atoms with E-state index in [2.05, 4.69) is 25.5 Å². The highest BCUT2D eigenvalue weighted by Gasteiger charge is 2.28. The van der Waals surface area contributed by atoms with Crippen molar-refractivity contribution >= 4 is 17.0 Å². The lowest BCUT2D eigenvalue weighted by Crippen LogP contribution is -2.33. The zero-order valence-electron chi connectivity index (χ0n) is 17.8. The third-order valence-electron chi connectivity index (χ3n) is 4.20. The molecule has 0 aliphatic rings. The van der Waals surface area contributed by atoms with Gasteiger partial charge < -0.3 is 4.74 Å². The second-order valence-electron chi connectivity index (χ2n) is 9.12. The monoisotopic (exact) mass is 401 g/mol. The third kappa shape index (κ3) is 6.28. The topological polar surface area (TPSA) is 55.4 Å². The molecule has 28 heavy (non-hydrogen) atoms. The molecular weight excluding hydrogens is 370 g/mol. The number of hydrogen-bond acceptors (Lipinski definition) is 3. The average molecular weight is 402 g/mol. The van der Waals surface area contributed by atoms with Crippen molar-refractivity contribution in [2.45, 2.75) is 65.0 Å². The van der Waals surface area contributed by atoms with Crippen LogP contribution in [0.4, 0.5) is 0 Å². The summed E-state index contributed by atoms with van der Waals surface area (Å²) in [6.45, 7) is 13.8. The number of ether oxygens (including phenoxy) is 1. The van der Waals surface area contributed by atoms with Crippen LogP contribution in [0.1, 0.15) is 69.1 Å². The fraction of sp³-hybridized carbons (Fsp3) is 0.435. The molecule has 5 heteroatoms. The minimum Gasteiger partial charge on any atom is -0.456 e. The zero-order chi connectivity index (χ0) is 21.1. The first kappa shape index (κ1) is 22.3. The number of benzene rings is 2. The third-order valence-corrected chi connectivity index (χ3v) is 5.35. The summed E-state index contributed by atoms with van der Waals surface area (Å²) in [5, 5.41) is 0. The largest absolute Gasteiger partial charge is 0.456 e. The van der Waals surface area contributed by atoms with Gasteiger partial charge in [0.1, 0.15) is 16.6 Å². The highest BCUT2D eigenvalue weighted by molar-refractivity contribution is 7.83. The second kappa shape index (κ2) is 8.58. The lowest BCUT2D eigenvalue weighted by molar-refractivity contribution is 0.00695. The molecule has 0 saturated heterocycles. The van der Waals surface area contributed by atoms with Gasteiger partial charge in [0.05, 0.1) is 10.5 Å². The lowest BCUT2D eigenvalue weighted by atomic mass is 9.83. The quantitative estimate of drug-likeness (QED) is 0.687. The number of aryl methyl sites for hydroxylation is 1. The molecule has 0 radical (unpaired) electrons. The second-order valence-corrected chi connectivity index (χ2v) is 10.4. The Kier molecular flexibility index (Phi) is 6.84. The first-order valence-electron chi connectivity index (χ1n) is 9.45. The van der Waals surface area contributed by atoms with E-state index in [0.29, 0.717) is 5.56 Å². The van der Waals surface area contributed by atoms with Crippen LogP contribution in [0.3, 0.4) is 0 Å². The van der Waals surface area contributed by atoms with Crippen molar-refractivity contribution in [2.75, 3.05) is 0 Å². The summed E-state index contributed by atoms with van der Waals surface area (Å²) in [4.78, 5) is 13.0. The summed E-state index contributed by atoms with van der Waals surface area (Å²) in [5.74, 6) is -0.345. The lowest BCUT2D eigenvalue weighted by Gasteiger charge is -2.31. The maximum atomic E-state index is 12.8. The number of carbonyl (C=O) groups is 1. The van der Waals surface area contributed by atoms with Gasteiger partial charge in [-0.15, -0.1) is 0 Å². The number of rotatable bonds is 5. The molecule has 2 aromatic carbocycles. The van der Waals surface area contributed by atoms with Crippen molar-refractivity contribution in [3.8, 4) is 0 Å². The van der Waals surface area contributed by atoms with Crippen LogP contribution in [-0.4, -0.2) is 15.8 Å². The Morgan fingerprint density at radius 3 is 1.93 bits per heavy atom. The van der Waals surface area contributed by atoms with E-state index < -0.39 is 16.6 Å². The predicted molar refractivity (Wildman–Crippen MR) is 115 cm³/mol. The van der Waals surface area contributed by atoms with Crippen LogP contribution >= 0.6 is 0 Å². The van der Waals surface area contributed by atoms with Crippen LogP contribution in [0.25, 0.3) is 0 Å². The Labute approximate surface area is 171 Å². The summed E-state index contributed by atoms with van der Waals surface area (Å²) < 4.78 is 21.5. The molecule has 4 nitrogen and oxygen atoms in total. The molecule has 2 atom stereocenters. The van der Waals surface area contributed by atoms with Crippen molar-refractivity contribution in [3.05, 3.63) is 65.2 Å². The van der Waals surface area contributed by atoms with Crippen molar-refractivity contribution in [1.29, 1.82) is 0 Å². The maximum Gasteiger partial charge on any atom is 0.338 e. The van der Waals surface area contributed by atoms with E-state index in [1.54, 1.807) is 12.1 Å². The van der Waals surface area contributed by atoms with Crippen molar-refractivity contribution in [1.82, 2.24) is 4.72 Å². The average Bonchev–Trinajstić information content (AvgIpc) is 2.58. The Bertz CT molecular complexity index is 828. The standard InChI is InChI=1S/C23H31NO3S/c1-16-8-14-19(15-9-16)28(26)24-20(22(2,3)4)17-10-12-18(13-11-17)21(25)27-23(5,6)7/h8-15,20,24H,1-7H3. The first-order chi connectivity index (χ1) is 12.9. The van der Waals surface area contributed by atoms with Crippen molar-refractivity contribution in [3.63, 3.8) is 0 Å². The van der Waals surface area contributed by atoms with Crippen LogP contribution in [0, 0.1) is 12.3 Å². The minimum absolute atomic E-state index is 0.151. The van der Waals surface area contributed by atoms with E-state index in [1.807, 2.05) is 64.1 Å². The Balaban J connectivity index is 2.22. The van der Waals surface area contributed by atoms with Crippen LogP contribution in [-0.2, 0) is 15.7 Å². The molecule has 152 valence electrons. The molecular formula is C23H31NO3S. The van der Waals surface area contributed by atoms with Gasteiger partial charge in [-0.25, -0.2) is 13.7 Å². The fourth-order valence-corrected chi connectivity index (χ4v) is 3.95. The molecule has 0 bridgehead atoms. The fourth-order valence-electron chi connectivity index (χ4n) is 2.73. The number of nitrogens with one attached hydrogen (secondary N) is 1. The molecule has 0 aliphatic heterocycles. The highest BCUT2D eigenvalue weighted by atomic mass is 32.2. The molecule has 0 heterocycles.